The number of nitrogens with one attached hydrogen (secondary N) is 2. The number of benzene rings is 2. The van der Waals surface area contributed by atoms with E-state index in [1.807, 2.05) is 24.3 Å². The zero-order valence-corrected chi connectivity index (χ0v) is 16.7. The van der Waals surface area contributed by atoms with Crippen LogP contribution in [0.25, 0.3) is 11.0 Å². The normalized spacial score (nSPS) is 12.6. The maximum Gasteiger partial charge on any atom is 0.253 e. The van der Waals surface area contributed by atoms with E-state index in [1.165, 1.54) is 18.0 Å². The lowest BCUT2D eigenvalue weighted by Gasteiger charge is -2.07. The Morgan fingerprint density at radius 2 is 2.23 bits per heavy atom. The lowest BCUT2D eigenvalue weighted by atomic mass is 10.2. The molecule has 3 rings (SSSR count). The number of aromatic amines is 1. The molecule has 0 aliphatic heterocycles. The van der Waals surface area contributed by atoms with Gasteiger partial charge in [-0.15, -0.1) is 0 Å². The molecule has 2 aromatic carbocycles. The molecule has 6 nitrogen and oxygen atoms in total. The van der Waals surface area contributed by atoms with E-state index in [2.05, 4.69) is 36.4 Å². The van der Waals surface area contributed by atoms with Crippen molar-refractivity contribution in [2.24, 2.45) is 5.10 Å². The number of carbonyl (C=O) groups is 1. The monoisotopic (exact) mass is 452 g/mol. The fourth-order valence-electron chi connectivity index (χ4n) is 2.15. The summed E-state index contributed by atoms with van der Waals surface area (Å²) in [6, 6.07) is 10.8. The molecule has 134 valence electrons. The number of hydrogen-bond donors (Lipinski definition) is 3. The third-order valence-electron chi connectivity index (χ3n) is 3.46. The van der Waals surface area contributed by atoms with Gasteiger partial charge in [-0.1, -0.05) is 35.5 Å². The predicted octanol–water partition coefficient (Wildman–Crippen LogP) is 4.32. The van der Waals surface area contributed by atoms with Crippen LogP contribution < -0.4 is 5.43 Å². The number of imidazole rings is 1. The molecule has 0 aliphatic rings. The Morgan fingerprint density at radius 1 is 1.46 bits per heavy atom. The number of hydrazone groups is 1. The molecule has 9 heteroatoms. The van der Waals surface area contributed by atoms with Crippen molar-refractivity contribution < 1.29 is 9.90 Å². The molecule has 1 atom stereocenters. The van der Waals surface area contributed by atoms with E-state index >= 15 is 0 Å². The summed E-state index contributed by atoms with van der Waals surface area (Å²) in [6.45, 7) is 1.76. The lowest BCUT2D eigenvalue weighted by Crippen LogP contribution is -2.26. The number of amides is 1. The van der Waals surface area contributed by atoms with E-state index in [-0.39, 0.29) is 11.7 Å². The summed E-state index contributed by atoms with van der Waals surface area (Å²) in [5, 5.41) is 14.5. The number of halogens is 2. The van der Waals surface area contributed by atoms with Gasteiger partial charge in [-0.3, -0.25) is 4.79 Å². The van der Waals surface area contributed by atoms with Crippen LogP contribution in [0.3, 0.4) is 0 Å². The van der Waals surface area contributed by atoms with Crippen molar-refractivity contribution in [3.63, 3.8) is 0 Å². The third kappa shape index (κ3) is 4.38. The van der Waals surface area contributed by atoms with Crippen molar-refractivity contribution in [1.82, 2.24) is 15.4 Å². The number of thioether (sulfide) groups is 1. The van der Waals surface area contributed by atoms with Gasteiger partial charge in [0.15, 0.2) is 5.16 Å². The second-order valence-electron chi connectivity index (χ2n) is 5.38. The Labute approximate surface area is 167 Å². The van der Waals surface area contributed by atoms with E-state index < -0.39 is 5.25 Å². The molecule has 1 amide bonds. The molecule has 0 fully saturated rings. The van der Waals surface area contributed by atoms with Crippen LogP contribution in [0.1, 0.15) is 12.5 Å². The van der Waals surface area contributed by atoms with Crippen LogP contribution in [-0.4, -0.2) is 32.4 Å². The minimum atomic E-state index is -0.410. The second-order valence-corrected chi connectivity index (χ2v) is 8.00. The number of phenolic OH excluding ortho intramolecular Hbond substituents is 1. The van der Waals surface area contributed by atoms with Crippen LogP contribution >= 0.6 is 39.3 Å². The maximum absolute atomic E-state index is 12.2. The van der Waals surface area contributed by atoms with Crippen molar-refractivity contribution in [3.05, 3.63) is 51.5 Å². The van der Waals surface area contributed by atoms with Crippen molar-refractivity contribution in [2.75, 3.05) is 0 Å². The van der Waals surface area contributed by atoms with Gasteiger partial charge in [-0.25, -0.2) is 10.4 Å². The van der Waals surface area contributed by atoms with Crippen LogP contribution in [0.5, 0.6) is 5.75 Å². The summed E-state index contributed by atoms with van der Waals surface area (Å²) < 4.78 is 0.451. The topological polar surface area (TPSA) is 90.4 Å². The minimum absolute atomic E-state index is 0.00269. The smallest absolute Gasteiger partial charge is 0.253 e. The van der Waals surface area contributed by atoms with E-state index in [9.17, 15) is 9.90 Å². The van der Waals surface area contributed by atoms with Crippen LogP contribution in [0, 0.1) is 0 Å². The summed E-state index contributed by atoms with van der Waals surface area (Å²) >= 11 is 10.4. The van der Waals surface area contributed by atoms with Gasteiger partial charge in [-0.05, 0) is 47.1 Å². The average Bonchev–Trinajstić information content (AvgIpc) is 3.01. The highest BCUT2D eigenvalue weighted by molar-refractivity contribution is 9.10. The van der Waals surface area contributed by atoms with Gasteiger partial charge in [0, 0.05) is 10.6 Å². The SMILES string of the molecule is CC(Sc1nc2ccccc2[nH]1)C(=O)NN=Cc1cc(Cl)cc(Br)c1O. The van der Waals surface area contributed by atoms with Crippen LogP contribution in [0.2, 0.25) is 5.02 Å². The molecule has 0 aliphatic carbocycles. The highest BCUT2D eigenvalue weighted by atomic mass is 79.9. The van der Waals surface area contributed by atoms with E-state index in [4.69, 9.17) is 11.6 Å². The number of phenols is 1. The van der Waals surface area contributed by atoms with Crippen LogP contribution in [0.4, 0.5) is 0 Å². The first kappa shape index (κ1) is 18.8. The van der Waals surface area contributed by atoms with E-state index in [0.717, 1.165) is 11.0 Å². The molecule has 1 unspecified atom stereocenters. The second kappa shape index (κ2) is 8.11. The Hall–Kier alpha value is -2.03. The molecular formula is C17H14BrClN4O2S. The highest BCUT2D eigenvalue weighted by Crippen LogP contribution is 2.30. The van der Waals surface area contributed by atoms with E-state index in [0.29, 0.717) is 20.2 Å². The number of para-hydroxylation sites is 2. The van der Waals surface area contributed by atoms with Gasteiger partial charge < -0.3 is 10.1 Å². The molecule has 1 aromatic heterocycles. The standard InChI is InChI=1S/C17H14BrClN4O2S/c1-9(26-17-21-13-4-2-3-5-14(13)22-17)16(25)23-20-8-10-6-11(19)7-12(18)15(10)24/h2-9,24H,1H3,(H,21,22)(H,23,25). The largest absolute Gasteiger partial charge is 0.506 e. The Morgan fingerprint density at radius 3 is 3.00 bits per heavy atom. The molecule has 0 saturated carbocycles. The number of hydrogen-bond acceptors (Lipinski definition) is 5. The highest BCUT2D eigenvalue weighted by Gasteiger charge is 2.16. The Balaban J connectivity index is 1.62. The zero-order valence-electron chi connectivity index (χ0n) is 13.5. The molecule has 0 saturated heterocycles. The first-order valence-corrected chi connectivity index (χ1v) is 9.61. The van der Waals surface area contributed by atoms with Gasteiger partial charge in [-0.2, -0.15) is 5.10 Å². The summed E-state index contributed by atoms with van der Waals surface area (Å²) in [4.78, 5) is 19.8. The summed E-state index contributed by atoms with van der Waals surface area (Å²) in [5.74, 6) is -0.288. The van der Waals surface area contributed by atoms with Crippen molar-refractivity contribution in [1.29, 1.82) is 0 Å². The zero-order chi connectivity index (χ0) is 18.7. The van der Waals surface area contributed by atoms with Gasteiger partial charge in [0.2, 0.25) is 0 Å². The first-order chi connectivity index (χ1) is 12.4. The quantitative estimate of drug-likeness (QED) is 0.305. The Bertz CT molecular complexity index is 959. The molecule has 0 radical (unpaired) electrons. The van der Waals surface area contributed by atoms with Crippen LogP contribution in [-0.2, 0) is 4.79 Å². The van der Waals surface area contributed by atoms with Crippen molar-refractivity contribution in [2.45, 2.75) is 17.3 Å². The third-order valence-corrected chi connectivity index (χ3v) is 5.27. The summed E-state index contributed by atoms with van der Waals surface area (Å²) in [6.07, 6.45) is 1.34. The fourth-order valence-corrected chi connectivity index (χ4v) is 3.80. The first-order valence-electron chi connectivity index (χ1n) is 7.56. The average molecular weight is 454 g/mol. The maximum atomic E-state index is 12.2. The number of aromatic hydroxyl groups is 1. The summed E-state index contributed by atoms with van der Waals surface area (Å²) in [5.41, 5.74) is 4.61. The number of H-pyrrole nitrogens is 1. The number of aromatic nitrogens is 2. The predicted molar refractivity (Wildman–Crippen MR) is 108 cm³/mol. The number of carbonyl (C=O) groups excluding carboxylic acids is 1. The molecule has 1 heterocycles. The van der Waals surface area contributed by atoms with Gasteiger partial charge in [0.05, 0.1) is 27.0 Å². The number of nitrogens with zero attached hydrogens (tertiary/aromatic N) is 2. The molecular weight excluding hydrogens is 440 g/mol. The number of rotatable bonds is 5. The minimum Gasteiger partial charge on any atom is -0.506 e. The summed E-state index contributed by atoms with van der Waals surface area (Å²) in [7, 11) is 0. The fraction of sp³-hybridized carbons (Fsp3) is 0.118. The molecule has 3 aromatic rings. The van der Waals surface area contributed by atoms with Gasteiger partial charge in [0.25, 0.3) is 5.91 Å². The van der Waals surface area contributed by atoms with E-state index in [1.54, 1.807) is 19.1 Å². The van der Waals surface area contributed by atoms with Crippen LogP contribution in [0.15, 0.2) is 51.1 Å². The molecule has 26 heavy (non-hydrogen) atoms. The molecule has 3 N–H and O–H groups in total. The Kier molecular flexibility index (Phi) is 5.85. The number of fused-ring (bicyclic) bond motifs is 1. The van der Waals surface area contributed by atoms with Gasteiger partial charge >= 0.3 is 0 Å². The lowest BCUT2D eigenvalue weighted by molar-refractivity contribution is -0.120. The van der Waals surface area contributed by atoms with Gasteiger partial charge in [0.1, 0.15) is 5.75 Å². The van der Waals surface area contributed by atoms with Crippen molar-refractivity contribution >= 4 is 62.4 Å². The van der Waals surface area contributed by atoms with Crippen molar-refractivity contribution in [3.8, 4) is 5.75 Å². The molecule has 0 bridgehead atoms. The molecule has 0 spiro atoms.